The Morgan fingerprint density at radius 2 is 2.04 bits per heavy atom. The predicted octanol–water partition coefficient (Wildman–Crippen LogP) is 1.81. The van der Waals surface area contributed by atoms with E-state index in [1.54, 1.807) is 37.0 Å². The van der Waals surface area contributed by atoms with Crippen molar-refractivity contribution in [2.24, 2.45) is 7.05 Å². The second kappa shape index (κ2) is 6.78. The van der Waals surface area contributed by atoms with Gasteiger partial charge in [-0.05, 0) is 37.1 Å². The van der Waals surface area contributed by atoms with Crippen molar-refractivity contribution in [3.05, 3.63) is 41.2 Å². The van der Waals surface area contributed by atoms with Crippen LogP contribution in [0.5, 0.6) is 5.75 Å². The maximum atomic E-state index is 13.2. The van der Waals surface area contributed by atoms with Gasteiger partial charge in [-0.15, -0.1) is 0 Å². The third-order valence-electron chi connectivity index (χ3n) is 4.44. The SMILES string of the molecule is COc1cc(C)c(S(=O)(=O)N2CCO[C@H](c3cnn(C)c3)C2)cc1C. The van der Waals surface area contributed by atoms with Crippen LogP contribution < -0.4 is 4.74 Å². The van der Waals surface area contributed by atoms with Crippen molar-refractivity contribution in [2.45, 2.75) is 24.8 Å². The van der Waals surface area contributed by atoms with Crippen LogP contribution in [0.1, 0.15) is 22.8 Å². The number of aromatic nitrogens is 2. The first-order valence-corrected chi connectivity index (χ1v) is 9.52. The number of ether oxygens (including phenoxy) is 2. The first-order chi connectivity index (χ1) is 11.8. The van der Waals surface area contributed by atoms with Gasteiger partial charge in [-0.1, -0.05) is 0 Å². The minimum atomic E-state index is -3.60. The molecule has 0 radical (unpaired) electrons. The molecular weight excluding hydrogens is 342 g/mol. The van der Waals surface area contributed by atoms with E-state index in [2.05, 4.69) is 5.10 Å². The average molecular weight is 365 g/mol. The normalized spacial score (nSPS) is 19.1. The molecule has 1 saturated heterocycles. The largest absolute Gasteiger partial charge is 0.496 e. The lowest BCUT2D eigenvalue weighted by Crippen LogP contribution is -2.42. The molecule has 1 aromatic heterocycles. The van der Waals surface area contributed by atoms with E-state index < -0.39 is 10.0 Å². The van der Waals surface area contributed by atoms with E-state index in [0.29, 0.717) is 29.4 Å². The minimum absolute atomic E-state index is 0.276. The Morgan fingerprint density at radius 1 is 1.28 bits per heavy atom. The molecule has 1 aliphatic rings. The van der Waals surface area contributed by atoms with Crippen LogP contribution in [0.2, 0.25) is 0 Å². The number of hydrogen-bond acceptors (Lipinski definition) is 5. The first-order valence-electron chi connectivity index (χ1n) is 8.08. The number of aryl methyl sites for hydroxylation is 3. The number of sulfonamides is 1. The summed E-state index contributed by atoms with van der Waals surface area (Å²) in [7, 11) is -0.200. The third-order valence-corrected chi connectivity index (χ3v) is 6.44. The molecule has 1 atom stereocenters. The standard InChI is InChI=1S/C17H23N3O4S/c1-12-8-17(13(2)7-15(12)23-4)25(21,22)20-5-6-24-16(11-20)14-9-18-19(3)10-14/h7-10,16H,5-6,11H2,1-4H3/t16-/m0/s1. The quantitative estimate of drug-likeness (QED) is 0.826. The second-order valence-corrected chi connectivity index (χ2v) is 8.16. The van der Waals surface area contributed by atoms with Crippen LogP contribution in [0, 0.1) is 13.8 Å². The zero-order valence-corrected chi connectivity index (χ0v) is 15.7. The summed E-state index contributed by atoms with van der Waals surface area (Å²) in [5.41, 5.74) is 2.35. The van der Waals surface area contributed by atoms with Gasteiger partial charge < -0.3 is 9.47 Å². The molecular formula is C17H23N3O4S. The molecule has 0 aliphatic carbocycles. The average Bonchev–Trinajstić information content (AvgIpc) is 3.03. The summed E-state index contributed by atoms with van der Waals surface area (Å²) in [5, 5.41) is 4.14. The molecule has 0 spiro atoms. The highest BCUT2D eigenvalue weighted by Gasteiger charge is 2.33. The van der Waals surface area contributed by atoms with Gasteiger partial charge >= 0.3 is 0 Å². The molecule has 3 rings (SSSR count). The molecule has 2 aromatic rings. The van der Waals surface area contributed by atoms with Crippen LogP contribution in [-0.4, -0.2) is 49.3 Å². The van der Waals surface area contributed by atoms with Crippen LogP contribution in [0.15, 0.2) is 29.4 Å². The lowest BCUT2D eigenvalue weighted by atomic mass is 10.1. The molecule has 25 heavy (non-hydrogen) atoms. The molecule has 0 amide bonds. The minimum Gasteiger partial charge on any atom is -0.496 e. The lowest BCUT2D eigenvalue weighted by molar-refractivity contribution is -0.00260. The highest BCUT2D eigenvalue weighted by Crippen LogP contribution is 2.30. The Hall–Kier alpha value is -1.90. The van der Waals surface area contributed by atoms with Crippen molar-refractivity contribution in [3.8, 4) is 5.75 Å². The fourth-order valence-corrected chi connectivity index (χ4v) is 4.77. The monoisotopic (exact) mass is 365 g/mol. The number of rotatable bonds is 4. The Bertz CT molecular complexity index is 876. The third kappa shape index (κ3) is 3.42. The molecule has 0 saturated carbocycles. The predicted molar refractivity (Wildman–Crippen MR) is 93.1 cm³/mol. The number of hydrogen-bond donors (Lipinski definition) is 0. The summed E-state index contributed by atoms with van der Waals surface area (Å²) >= 11 is 0. The molecule has 1 aromatic carbocycles. The van der Waals surface area contributed by atoms with Crippen molar-refractivity contribution in [1.82, 2.24) is 14.1 Å². The first kappa shape index (κ1) is 17.9. The molecule has 1 fully saturated rings. The summed E-state index contributed by atoms with van der Waals surface area (Å²) < 4.78 is 40.5. The van der Waals surface area contributed by atoms with E-state index in [1.807, 2.05) is 20.2 Å². The van der Waals surface area contributed by atoms with E-state index in [4.69, 9.17) is 9.47 Å². The fraction of sp³-hybridized carbons (Fsp3) is 0.471. The van der Waals surface area contributed by atoms with Gasteiger partial charge in [-0.3, -0.25) is 4.68 Å². The summed E-state index contributed by atoms with van der Waals surface area (Å²) in [6.45, 7) is 4.60. The smallest absolute Gasteiger partial charge is 0.243 e. The highest BCUT2D eigenvalue weighted by molar-refractivity contribution is 7.89. The van der Waals surface area contributed by atoms with Gasteiger partial charge in [-0.2, -0.15) is 9.40 Å². The topological polar surface area (TPSA) is 73.7 Å². The maximum Gasteiger partial charge on any atom is 0.243 e. The Balaban J connectivity index is 1.90. The van der Waals surface area contributed by atoms with E-state index in [9.17, 15) is 8.42 Å². The zero-order valence-electron chi connectivity index (χ0n) is 14.9. The Labute approximate surface area is 148 Å². The van der Waals surface area contributed by atoms with Crippen molar-refractivity contribution in [2.75, 3.05) is 26.8 Å². The molecule has 0 unspecified atom stereocenters. The molecule has 8 heteroatoms. The van der Waals surface area contributed by atoms with E-state index in [1.165, 1.54) is 4.31 Å². The zero-order chi connectivity index (χ0) is 18.2. The van der Waals surface area contributed by atoms with Crippen LogP contribution >= 0.6 is 0 Å². The van der Waals surface area contributed by atoms with Crippen molar-refractivity contribution in [3.63, 3.8) is 0 Å². The Morgan fingerprint density at radius 3 is 2.68 bits per heavy atom. The van der Waals surface area contributed by atoms with E-state index >= 15 is 0 Å². The number of methoxy groups -OCH3 is 1. The van der Waals surface area contributed by atoms with Crippen molar-refractivity contribution < 1.29 is 17.9 Å². The molecule has 136 valence electrons. The van der Waals surface area contributed by atoms with E-state index in [-0.39, 0.29) is 12.6 Å². The number of morpholine rings is 1. The van der Waals surface area contributed by atoms with Gasteiger partial charge in [0.1, 0.15) is 5.75 Å². The molecule has 2 heterocycles. The second-order valence-electron chi connectivity index (χ2n) is 6.26. The van der Waals surface area contributed by atoms with Crippen molar-refractivity contribution in [1.29, 1.82) is 0 Å². The lowest BCUT2D eigenvalue weighted by Gasteiger charge is -2.32. The summed E-state index contributed by atoms with van der Waals surface area (Å²) in [4.78, 5) is 0.317. The fourth-order valence-electron chi connectivity index (χ4n) is 3.05. The number of benzene rings is 1. The maximum absolute atomic E-state index is 13.2. The highest BCUT2D eigenvalue weighted by atomic mass is 32.2. The Kier molecular flexibility index (Phi) is 4.86. The van der Waals surface area contributed by atoms with Crippen LogP contribution in [-0.2, 0) is 21.8 Å². The van der Waals surface area contributed by atoms with Crippen LogP contribution in [0.4, 0.5) is 0 Å². The summed E-state index contributed by atoms with van der Waals surface area (Å²) in [6, 6.07) is 3.44. The molecule has 0 bridgehead atoms. The van der Waals surface area contributed by atoms with Crippen LogP contribution in [0.25, 0.3) is 0 Å². The molecule has 1 aliphatic heterocycles. The van der Waals surface area contributed by atoms with Gasteiger partial charge in [0, 0.05) is 31.9 Å². The summed E-state index contributed by atoms with van der Waals surface area (Å²) in [5.74, 6) is 0.687. The molecule has 7 nitrogen and oxygen atoms in total. The summed E-state index contributed by atoms with van der Waals surface area (Å²) in [6.07, 6.45) is 3.25. The van der Waals surface area contributed by atoms with Crippen LogP contribution in [0.3, 0.4) is 0 Å². The van der Waals surface area contributed by atoms with Gasteiger partial charge in [0.2, 0.25) is 10.0 Å². The van der Waals surface area contributed by atoms with Gasteiger partial charge in [0.05, 0.1) is 30.9 Å². The van der Waals surface area contributed by atoms with Gasteiger partial charge in [0.25, 0.3) is 0 Å². The van der Waals surface area contributed by atoms with Crippen molar-refractivity contribution >= 4 is 10.0 Å². The van der Waals surface area contributed by atoms with E-state index in [0.717, 1.165) is 11.1 Å². The molecule has 0 N–H and O–H groups in total. The van der Waals surface area contributed by atoms with Gasteiger partial charge in [0.15, 0.2) is 0 Å². The van der Waals surface area contributed by atoms with Gasteiger partial charge in [-0.25, -0.2) is 8.42 Å². The number of nitrogens with zero attached hydrogens (tertiary/aromatic N) is 3.